The van der Waals surface area contributed by atoms with Crippen LogP contribution in [-0.2, 0) is 4.79 Å². The van der Waals surface area contributed by atoms with Crippen molar-refractivity contribution in [2.75, 3.05) is 5.73 Å². The van der Waals surface area contributed by atoms with Crippen molar-refractivity contribution in [3.63, 3.8) is 0 Å². The SMILES string of the molecule is Nc1c2c(nn1-c1ccccc1)/C(=C\c1cccnc1)C(=O)NC2=O. The number of pyridine rings is 1. The first-order valence-corrected chi connectivity index (χ1v) is 7.57. The van der Waals surface area contributed by atoms with Crippen molar-refractivity contribution in [3.8, 4) is 5.69 Å². The van der Waals surface area contributed by atoms with Gasteiger partial charge in [0.2, 0.25) is 0 Å². The molecule has 3 heterocycles. The summed E-state index contributed by atoms with van der Waals surface area (Å²) in [4.78, 5) is 28.6. The van der Waals surface area contributed by atoms with Gasteiger partial charge in [0.25, 0.3) is 11.8 Å². The van der Waals surface area contributed by atoms with Gasteiger partial charge < -0.3 is 5.73 Å². The third-order valence-corrected chi connectivity index (χ3v) is 3.87. The Balaban J connectivity index is 1.92. The molecule has 0 spiro atoms. The molecule has 122 valence electrons. The molecule has 25 heavy (non-hydrogen) atoms. The zero-order valence-electron chi connectivity index (χ0n) is 13.0. The Morgan fingerprint density at radius 1 is 1.04 bits per heavy atom. The van der Waals surface area contributed by atoms with Gasteiger partial charge in [0, 0.05) is 12.4 Å². The number of benzene rings is 1. The number of hydrogen-bond acceptors (Lipinski definition) is 5. The third kappa shape index (κ3) is 2.47. The quantitative estimate of drug-likeness (QED) is 0.549. The molecule has 0 saturated carbocycles. The molecule has 1 aromatic carbocycles. The largest absolute Gasteiger partial charge is 0.383 e. The molecule has 4 rings (SSSR count). The number of nitrogens with one attached hydrogen (secondary N) is 1. The van der Waals surface area contributed by atoms with Crippen LogP contribution in [0.2, 0.25) is 0 Å². The number of anilines is 1. The fourth-order valence-electron chi connectivity index (χ4n) is 2.71. The molecule has 0 unspecified atom stereocenters. The molecule has 0 fully saturated rings. The van der Waals surface area contributed by atoms with E-state index in [9.17, 15) is 9.59 Å². The van der Waals surface area contributed by atoms with Gasteiger partial charge in [-0.05, 0) is 29.8 Å². The lowest BCUT2D eigenvalue weighted by Gasteiger charge is -2.13. The minimum absolute atomic E-state index is 0.184. The highest BCUT2D eigenvalue weighted by Gasteiger charge is 2.34. The van der Waals surface area contributed by atoms with Gasteiger partial charge in [-0.3, -0.25) is 19.9 Å². The maximum Gasteiger partial charge on any atom is 0.264 e. The van der Waals surface area contributed by atoms with Gasteiger partial charge in [-0.2, -0.15) is 5.10 Å². The number of carbonyl (C=O) groups excluding carboxylic acids is 2. The van der Waals surface area contributed by atoms with Crippen LogP contribution < -0.4 is 11.1 Å². The van der Waals surface area contributed by atoms with Crippen molar-refractivity contribution in [1.29, 1.82) is 0 Å². The van der Waals surface area contributed by atoms with E-state index >= 15 is 0 Å². The van der Waals surface area contributed by atoms with E-state index in [2.05, 4.69) is 15.4 Å². The standard InChI is InChI=1S/C18H13N5O2/c19-16-14-15(22-23(16)12-6-2-1-3-7-12)13(17(24)21-18(14)25)9-11-5-4-8-20-10-11/h1-10H,19H2,(H,21,24,25)/b13-9+. The normalized spacial score (nSPS) is 15.1. The van der Waals surface area contributed by atoms with E-state index in [0.29, 0.717) is 5.69 Å². The van der Waals surface area contributed by atoms with Crippen LogP contribution in [0.4, 0.5) is 5.82 Å². The molecule has 0 radical (unpaired) electrons. The van der Waals surface area contributed by atoms with Crippen molar-refractivity contribution in [3.05, 3.63) is 71.7 Å². The summed E-state index contributed by atoms with van der Waals surface area (Å²) in [5.41, 5.74) is 8.29. The van der Waals surface area contributed by atoms with Crippen LogP contribution in [0, 0.1) is 0 Å². The molecule has 1 aliphatic heterocycles. The summed E-state index contributed by atoms with van der Waals surface area (Å²) in [6, 6.07) is 12.8. The van der Waals surface area contributed by atoms with E-state index in [0.717, 1.165) is 5.56 Å². The van der Waals surface area contributed by atoms with Crippen molar-refractivity contribution in [2.24, 2.45) is 0 Å². The van der Waals surface area contributed by atoms with Gasteiger partial charge in [0.1, 0.15) is 17.1 Å². The predicted molar refractivity (Wildman–Crippen MR) is 92.6 cm³/mol. The Morgan fingerprint density at radius 2 is 1.84 bits per heavy atom. The molecule has 3 N–H and O–H groups in total. The number of fused-ring (bicyclic) bond motifs is 1. The zero-order chi connectivity index (χ0) is 17.4. The first-order valence-electron chi connectivity index (χ1n) is 7.57. The smallest absolute Gasteiger partial charge is 0.264 e. The van der Waals surface area contributed by atoms with Crippen LogP contribution >= 0.6 is 0 Å². The van der Waals surface area contributed by atoms with Crippen LogP contribution in [0.5, 0.6) is 0 Å². The lowest BCUT2D eigenvalue weighted by atomic mass is 10.0. The lowest BCUT2D eigenvalue weighted by molar-refractivity contribution is -0.114. The number of nitrogens with zero attached hydrogens (tertiary/aromatic N) is 3. The summed E-state index contributed by atoms with van der Waals surface area (Å²) < 4.78 is 1.46. The average Bonchev–Trinajstić information content (AvgIpc) is 2.98. The second-order valence-electron chi connectivity index (χ2n) is 5.48. The number of amides is 2. The average molecular weight is 331 g/mol. The first kappa shape index (κ1) is 14.8. The minimum Gasteiger partial charge on any atom is -0.383 e. The van der Waals surface area contributed by atoms with Crippen molar-refractivity contribution in [2.45, 2.75) is 0 Å². The van der Waals surface area contributed by atoms with Gasteiger partial charge in [0.15, 0.2) is 0 Å². The fourth-order valence-corrected chi connectivity index (χ4v) is 2.71. The van der Waals surface area contributed by atoms with Crippen LogP contribution in [0.1, 0.15) is 21.6 Å². The molecule has 1 aliphatic rings. The third-order valence-electron chi connectivity index (χ3n) is 3.87. The maximum absolute atomic E-state index is 12.3. The molecule has 7 nitrogen and oxygen atoms in total. The molecular weight excluding hydrogens is 318 g/mol. The Kier molecular flexibility index (Phi) is 3.39. The number of aromatic nitrogens is 3. The molecule has 0 saturated heterocycles. The predicted octanol–water partition coefficient (Wildman–Crippen LogP) is 1.66. The Morgan fingerprint density at radius 3 is 2.56 bits per heavy atom. The molecule has 7 heteroatoms. The monoisotopic (exact) mass is 331 g/mol. The van der Waals surface area contributed by atoms with E-state index in [1.54, 1.807) is 30.6 Å². The summed E-state index contributed by atoms with van der Waals surface area (Å²) in [5, 5.41) is 6.73. The Hall–Kier alpha value is -3.74. The van der Waals surface area contributed by atoms with E-state index in [1.807, 2.05) is 30.3 Å². The maximum atomic E-state index is 12.3. The summed E-state index contributed by atoms with van der Waals surface area (Å²) in [5.74, 6) is -0.884. The van der Waals surface area contributed by atoms with Crippen molar-refractivity contribution in [1.82, 2.24) is 20.1 Å². The zero-order valence-corrected chi connectivity index (χ0v) is 13.0. The summed E-state index contributed by atoms with van der Waals surface area (Å²) in [6.07, 6.45) is 4.89. The van der Waals surface area contributed by atoms with Crippen molar-refractivity contribution < 1.29 is 9.59 Å². The van der Waals surface area contributed by atoms with Crippen molar-refractivity contribution >= 4 is 29.3 Å². The van der Waals surface area contributed by atoms with Gasteiger partial charge in [-0.25, -0.2) is 4.68 Å². The minimum atomic E-state index is -0.553. The number of nitrogen functional groups attached to an aromatic ring is 1. The second kappa shape index (κ2) is 5.72. The number of imide groups is 1. The topological polar surface area (TPSA) is 103 Å². The summed E-state index contributed by atoms with van der Waals surface area (Å²) >= 11 is 0. The van der Waals surface area contributed by atoms with Gasteiger partial charge >= 0.3 is 0 Å². The Labute approximate surface area is 142 Å². The van der Waals surface area contributed by atoms with E-state index < -0.39 is 11.8 Å². The lowest BCUT2D eigenvalue weighted by Crippen LogP contribution is -2.36. The van der Waals surface area contributed by atoms with Crippen LogP contribution in [-0.4, -0.2) is 26.6 Å². The summed E-state index contributed by atoms with van der Waals surface area (Å²) in [7, 11) is 0. The molecular formula is C18H13N5O2. The molecule has 0 bridgehead atoms. The number of para-hydroxylation sites is 1. The van der Waals surface area contributed by atoms with Gasteiger partial charge in [-0.1, -0.05) is 24.3 Å². The van der Waals surface area contributed by atoms with E-state index in [-0.39, 0.29) is 22.6 Å². The highest BCUT2D eigenvalue weighted by atomic mass is 16.2. The van der Waals surface area contributed by atoms with E-state index in [1.165, 1.54) is 4.68 Å². The molecule has 2 amide bonds. The molecule has 2 aromatic heterocycles. The van der Waals surface area contributed by atoms with Crippen LogP contribution in [0.25, 0.3) is 17.3 Å². The molecule has 0 atom stereocenters. The highest BCUT2D eigenvalue weighted by Crippen LogP contribution is 2.30. The first-order chi connectivity index (χ1) is 12.1. The van der Waals surface area contributed by atoms with Crippen LogP contribution in [0.3, 0.4) is 0 Å². The number of carbonyl (C=O) groups is 2. The number of rotatable bonds is 2. The van der Waals surface area contributed by atoms with Crippen LogP contribution in [0.15, 0.2) is 54.9 Å². The second-order valence-corrected chi connectivity index (χ2v) is 5.48. The fraction of sp³-hybridized carbons (Fsp3) is 0. The van der Waals surface area contributed by atoms with Gasteiger partial charge in [-0.15, -0.1) is 0 Å². The summed E-state index contributed by atoms with van der Waals surface area (Å²) in [6.45, 7) is 0. The molecule has 0 aliphatic carbocycles. The highest BCUT2D eigenvalue weighted by molar-refractivity contribution is 6.34. The Bertz CT molecular complexity index is 1010. The number of hydrogen-bond donors (Lipinski definition) is 2. The van der Waals surface area contributed by atoms with Gasteiger partial charge in [0.05, 0.1) is 11.3 Å². The van der Waals surface area contributed by atoms with E-state index in [4.69, 9.17) is 5.73 Å². The number of nitrogens with two attached hydrogens (primary N) is 1. The molecule has 3 aromatic rings.